The third kappa shape index (κ3) is 3.98. The highest BCUT2D eigenvalue weighted by molar-refractivity contribution is 5.78. The Hall–Kier alpha value is -1.52. The molecule has 2 heterocycles. The molecule has 1 aromatic rings. The van der Waals surface area contributed by atoms with Gasteiger partial charge in [0.1, 0.15) is 12.3 Å². The van der Waals surface area contributed by atoms with Gasteiger partial charge in [-0.15, -0.1) is 0 Å². The lowest BCUT2D eigenvalue weighted by Crippen LogP contribution is -2.43. The first-order valence-electron chi connectivity index (χ1n) is 7.17. The zero-order valence-corrected chi connectivity index (χ0v) is 11.9. The van der Waals surface area contributed by atoms with Crippen LogP contribution in [0.5, 0.6) is 0 Å². The van der Waals surface area contributed by atoms with Crippen LogP contribution in [-0.4, -0.2) is 28.9 Å². The summed E-state index contributed by atoms with van der Waals surface area (Å²) in [5, 5.41) is 0. The normalized spacial score (nSPS) is 20.8. The molecule has 1 saturated heterocycles. The van der Waals surface area contributed by atoms with E-state index in [0.29, 0.717) is 18.4 Å². The molecule has 1 atom stereocenters. The highest BCUT2D eigenvalue weighted by Crippen LogP contribution is 2.15. The second-order valence-electron chi connectivity index (χ2n) is 5.34. The number of likely N-dealkylation sites (tertiary alicyclic amines) is 1. The van der Waals surface area contributed by atoms with Gasteiger partial charge in [0.2, 0.25) is 0 Å². The summed E-state index contributed by atoms with van der Waals surface area (Å²) in [6.07, 6.45) is 6.15. The van der Waals surface area contributed by atoms with Crippen molar-refractivity contribution in [2.45, 2.75) is 46.1 Å². The van der Waals surface area contributed by atoms with Crippen LogP contribution in [-0.2, 0) is 13.0 Å². The summed E-state index contributed by atoms with van der Waals surface area (Å²) in [7, 11) is 0. The fourth-order valence-electron chi connectivity index (χ4n) is 2.41. The minimum Gasteiger partial charge on any atom is -0.444 e. The number of nitrogens with two attached hydrogens (primary N) is 1. The number of hydrogen-bond donors (Lipinski definition) is 1. The van der Waals surface area contributed by atoms with Crippen molar-refractivity contribution in [3.05, 3.63) is 17.8 Å². The molecule has 0 saturated carbocycles. The van der Waals surface area contributed by atoms with Crippen LogP contribution in [0.4, 0.5) is 0 Å². The van der Waals surface area contributed by atoms with Gasteiger partial charge in [-0.25, -0.2) is 9.98 Å². The largest absolute Gasteiger partial charge is 0.444 e. The lowest BCUT2D eigenvalue weighted by atomic mass is 10.0. The lowest BCUT2D eigenvalue weighted by molar-refractivity contribution is 0.270. The van der Waals surface area contributed by atoms with Gasteiger partial charge in [-0.05, 0) is 25.2 Å². The summed E-state index contributed by atoms with van der Waals surface area (Å²) in [5.41, 5.74) is 6.04. The van der Waals surface area contributed by atoms with Crippen LogP contribution in [0.25, 0.3) is 0 Å². The number of guanidine groups is 1. The zero-order chi connectivity index (χ0) is 13.7. The Balaban J connectivity index is 1.89. The summed E-state index contributed by atoms with van der Waals surface area (Å²) >= 11 is 0. The number of aromatic nitrogens is 1. The van der Waals surface area contributed by atoms with Crippen LogP contribution in [0.15, 0.2) is 15.6 Å². The standard InChI is InChI=1S/C14H24N4O/c1-3-5-13-16-8-12(19-13)9-17-14(15)18-7-4-6-11(2)10-18/h8,11H,3-7,9-10H2,1-2H3,(H2,15,17). The lowest BCUT2D eigenvalue weighted by Gasteiger charge is -2.31. The number of hydrogen-bond acceptors (Lipinski definition) is 3. The second-order valence-corrected chi connectivity index (χ2v) is 5.34. The predicted molar refractivity (Wildman–Crippen MR) is 75.8 cm³/mol. The van der Waals surface area contributed by atoms with E-state index in [9.17, 15) is 0 Å². The summed E-state index contributed by atoms with van der Waals surface area (Å²) in [4.78, 5) is 10.8. The van der Waals surface area contributed by atoms with E-state index < -0.39 is 0 Å². The van der Waals surface area contributed by atoms with Gasteiger partial charge in [-0.1, -0.05) is 13.8 Å². The van der Waals surface area contributed by atoms with Crippen LogP contribution in [0, 0.1) is 5.92 Å². The van der Waals surface area contributed by atoms with E-state index >= 15 is 0 Å². The minimum atomic E-state index is 0.480. The highest BCUT2D eigenvalue weighted by atomic mass is 16.4. The predicted octanol–water partition coefficient (Wildman–Crippen LogP) is 2.17. The molecule has 1 aromatic heterocycles. The van der Waals surface area contributed by atoms with Gasteiger partial charge in [0.25, 0.3) is 0 Å². The van der Waals surface area contributed by atoms with Gasteiger partial charge in [0, 0.05) is 19.5 Å². The van der Waals surface area contributed by atoms with E-state index in [1.165, 1.54) is 12.8 Å². The van der Waals surface area contributed by atoms with Gasteiger partial charge in [-0.2, -0.15) is 0 Å². The highest BCUT2D eigenvalue weighted by Gasteiger charge is 2.17. The first-order valence-corrected chi connectivity index (χ1v) is 7.17. The van der Waals surface area contributed by atoms with Crippen LogP contribution < -0.4 is 5.73 Å². The average molecular weight is 264 g/mol. The first-order chi connectivity index (χ1) is 9.19. The Morgan fingerprint density at radius 1 is 1.63 bits per heavy atom. The third-order valence-corrected chi connectivity index (χ3v) is 3.44. The second kappa shape index (κ2) is 6.59. The molecule has 19 heavy (non-hydrogen) atoms. The molecule has 5 heteroatoms. The number of aliphatic imine (C=N–C) groups is 1. The van der Waals surface area contributed by atoms with Crippen LogP contribution in [0.1, 0.15) is 44.8 Å². The molecule has 2 N–H and O–H groups in total. The van der Waals surface area contributed by atoms with Crippen LogP contribution >= 0.6 is 0 Å². The molecule has 0 amide bonds. The van der Waals surface area contributed by atoms with Gasteiger partial charge in [-0.3, -0.25) is 0 Å². The molecule has 1 fully saturated rings. The van der Waals surface area contributed by atoms with Gasteiger partial charge in [0.15, 0.2) is 11.9 Å². The molecule has 1 unspecified atom stereocenters. The third-order valence-electron chi connectivity index (χ3n) is 3.44. The maximum absolute atomic E-state index is 6.04. The Kier molecular flexibility index (Phi) is 4.82. The molecule has 0 bridgehead atoms. The zero-order valence-electron chi connectivity index (χ0n) is 11.9. The number of rotatable bonds is 4. The van der Waals surface area contributed by atoms with E-state index in [2.05, 4.69) is 28.7 Å². The Labute approximate surface area is 114 Å². The van der Waals surface area contributed by atoms with E-state index in [4.69, 9.17) is 10.2 Å². The van der Waals surface area contributed by atoms with Crippen molar-refractivity contribution in [2.75, 3.05) is 13.1 Å². The van der Waals surface area contributed by atoms with E-state index in [0.717, 1.165) is 37.6 Å². The number of aryl methyl sites for hydroxylation is 1. The van der Waals surface area contributed by atoms with Gasteiger partial charge in [0.05, 0.1) is 6.20 Å². The smallest absolute Gasteiger partial charge is 0.194 e. The first kappa shape index (κ1) is 13.9. The van der Waals surface area contributed by atoms with E-state index in [-0.39, 0.29) is 0 Å². The molecule has 0 radical (unpaired) electrons. The quantitative estimate of drug-likeness (QED) is 0.668. The average Bonchev–Trinajstić information content (AvgIpc) is 2.84. The fourth-order valence-corrected chi connectivity index (χ4v) is 2.41. The van der Waals surface area contributed by atoms with Gasteiger partial charge < -0.3 is 15.1 Å². The van der Waals surface area contributed by atoms with E-state index in [1.807, 2.05) is 0 Å². The molecule has 0 aliphatic carbocycles. The van der Waals surface area contributed by atoms with Crippen LogP contribution in [0.3, 0.4) is 0 Å². The summed E-state index contributed by atoms with van der Waals surface area (Å²) in [6.45, 7) is 6.86. The molecule has 106 valence electrons. The van der Waals surface area contributed by atoms with Crippen molar-refractivity contribution in [3.63, 3.8) is 0 Å². The monoisotopic (exact) mass is 264 g/mol. The molecule has 2 rings (SSSR count). The SMILES string of the molecule is CCCc1ncc(CN=C(N)N2CCCC(C)C2)o1. The molecule has 0 spiro atoms. The van der Waals surface area contributed by atoms with Crippen molar-refractivity contribution < 1.29 is 4.42 Å². The van der Waals surface area contributed by atoms with Crippen LogP contribution in [0.2, 0.25) is 0 Å². The Morgan fingerprint density at radius 3 is 3.21 bits per heavy atom. The summed E-state index contributed by atoms with van der Waals surface area (Å²) < 4.78 is 5.59. The van der Waals surface area contributed by atoms with Crippen molar-refractivity contribution in [1.29, 1.82) is 0 Å². The van der Waals surface area contributed by atoms with Crippen molar-refractivity contribution in [3.8, 4) is 0 Å². The summed E-state index contributed by atoms with van der Waals surface area (Å²) in [6, 6.07) is 0. The van der Waals surface area contributed by atoms with Crippen molar-refractivity contribution in [2.24, 2.45) is 16.6 Å². The molecule has 1 aliphatic heterocycles. The molecule has 5 nitrogen and oxygen atoms in total. The Bertz CT molecular complexity index is 427. The fraction of sp³-hybridized carbons (Fsp3) is 0.714. The molecule has 1 aliphatic rings. The number of oxazole rings is 1. The van der Waals surface area contributed by atoms with E-state index in [1.54, 1.807) is 6.20 Å². The molecular weight excluding hydrogens is 240 g/mol. The maximum Gasteiger partial charge on any atom is 0.194 e. The number of nitrogens with zero attached hydrogens (tertiary/aromatic N) is 3. The number of piperidine rings is 1. The Morgan fingerprint density at radius 2 is 2.47 bits per heavy atom. The maximum atomic E-state index is 6.04. The molecule has 0 aromatic carbocycles. The minimum absolute atomic E-state index is 0.480. The van der Waals surface area contributed by atoms with Gasteiger partial charge >= 0.3 is 0 Å². The topological polar surface area (TPSA) is 67.7 Å². The summed E-state index contributed by atoms with van der Waals surface area (Å²) in [5.74, 6) is 2.90. The van der Waals surface area contributed by atoms with Crippen molar-refractivity contribution >= 4 is 5.96 Å². The molecular formula is C14H24N4O. The van der Waals surface area contributed by atoms with Crippen molar-refractivity contribution in [1.82, 2.24) is 9.88 Å².